The molecule has 1 aliphatic rings. The molecule has 2 N–H and O–H groups in total. The zero-order valence-electron chi connectivity index (χ0n) is 12.5. The second kappa shape index (κ2) is 4.79. The first-order chi connectivity index (χ1) is 9.19. The highest BCUT2D eigenvalue weighted by Crippen LogP contribution is 2.37. The number of carboxylic acids is 1. The first kappa shape index (κ1) is 14.9. The van der Waals surface area contributed by atoms with Gasteiger partial charge < -0.3 is 19.7 Å². The largest absolute Gasteiger partial charge is 0.495 e. The second-order valence-electron chi connectivity index (χ2n) is 5.91. The van der Waals surface area contributed by atoms with Gasteiger partial charge in [0.2, 0.25) is 0 Å². The number of hydrogen-bond donors (Lipinski definition) is 2. The molecule has 1 aromatic carbocycles. The number of aromatic carboxylic acids is 1. The van der Waals surface area contributed by atoms with E-state index >= 15 is 0 Å². The maximum Gasteiger partial charge on any atom is 0.495 e. The monoisotopic (exact) mass is 277 g/mol. The van der Waals surface area contributed by atoms with E-state index in [-0.39, 0.29) is 5.56 Å². The predicted molar refractivity (Wildman–Crippen MR) is 78.7 cm³/mol. The lowest BCUT2D eigenvalue weighted by atomic mass is 9.75. The van der Waals surface area contributed by atoms with Crippen LogP contribution < -0.4 is 10.8 Å². The maximum atomic E-state index is 11.5. The number of carboxylic acid groups (broad SMARTS) is 1. The van der Waals surface area contributed by atoms with E-state index in [1.54, 1.807) is 25.2 Å². The molecule has 0 saturated carbocycles. The first-order valence-electron chi connectivity index (χ1n) is 6.59. The highest BCUT2D eigenvalue weighted by molar-refractivity contribution is 6.64. The number of carbonyl (C=O) groups is 1. The lowest BCUT2D eigenvalue weighted by Gasteiger charge is -2.32. The Morgan fingerprint density at radius 3 is 2.20 bits per heavy atom. The molecular formula is C14H20BNO4. The van der Waals surface area contributed by atoms with Crippen molar-refractivity contribution < 1.29 is 19.2 Å². The van der Waals surface area contributed by atoms with Crippen LogP contribution in [0.15, 0.2) is 18.2 Å². The lowest BCUT2D eigenvalue weighted by molar-refractivity contribution is 0.00578. The van der Waals surface area contributed by atoms with E-state index in [1.165, 1.54) is 0 Å². The summed E-state index contributed by atoms with van der Waals surface area (Å²) in [6.07, 6.45) is 0. The molecule has 20 heavy (non-hydrogen) atoms. The van der Waals surface area contributed by atoms with Gasteiger partial charge in [0, 0.05) is 12.7 Å². The summed E-state index contributed by atoms with van der Waals surface area (Å²) in [6.45, 7) is 7.76. The summed E-state index contributed by atoms with van der Waals surface area (Å²) in [7, 11) is 1.01. The zero-order chi connectivity index (χ0) is 15.1. The third-order valence-corrected chi connectivity index (χ3v) is 4.09. The molecule has 1 heterocycles. The van der Waals surface area contributed by atoms with Crippen LogP contribution in [-0.2, 0) is 9.31 Å². The molecule has 5 nitrogen and oxygen atoms in total. The topological polar surface area (TPSA) is 67.8 Å². The molecule has 0 aromatic heterocycles. The van der Waals surface area contributed by atoms with Crippen LogP contribution in [0.2, 0.25) is 0 Å². The summed E-state index contributed by atoms with van der Waals surface area (Å²) in [5.74, 6) is -1.00. The summed E-state index contributed by atoms with van der Waals surface area (Å²) in [6, 6.07) is 5.24. The van der Waals surface area contributed by atoms with Crippen molar-refractivity contribution in [3.8, 4) is 0 Å². The van der Waals surface area contributed by atoms with Crippen LogP contribution in [0.5, 0.6) is 0 Å². The molecule has 0 spiro atoms. The van der Waals surface area contributed by atoms with Crippen LogP contribution in [0, 0.1) is 0 Å². The fourth-order valence-electron chi connectivity index (χ4n) is 2.18. The number of anilines is 1. The minimum atomic E-state index is -1.00. The Hall–Kier alpha value is -1.53. The summed E-state index contributed by atoms with van der Waals surface area (Å²) < 4.78 is 11.9. The molecule has 0 unspecified atom stereocenters. The molecule has 1 saturated heterocycles. The fraction of sp³-hybridized carbons (Fsp3) is 0.500. The molecule has 1 aliphatic heterocycles. The average Bonchev–Trinajstić information content (AvgIpc) is 2.57. The van der Waals surface area contributed by atoms with Gasteiger partial charge in [0.1, 0.15) is 0 Å². The predicted octanol–water partition coefficient (Wildman–Crippen LogP) is 1.73. The van der Waals surface area contributed by atoms with Gasteiger partial charge in [-0.25, -0.2) is 4.79 Å². The SMILES string of the molecule is CNc1cccc(B2OC(C)(C)C(C)(C)O2)c1C(=O)O. The van der Waals surface area contributed by atoms with Crippen molar-refractivity contribution in [3.63, 3.8) is 0 Å². The van der Waals surface area contributed by atoms with Crippen LogP contribution >= 0.6 is 0 Å². The number of benzene rings is 1. The molecule has 2 rings (SSSR count). The lowest BCUT2D eigenvalue weighted by Crippen LogP contribution is -2.41. The fourth-order valence-corrected chi connectivity index (χ4v) is 2.18. The molecular weight excluding hydrogens is 257 g/mol. The minimum Gasteiger partial charge on any atom is -0.478 e. The van der Waals surface area contributed by atoms with Crippen molar-refractivity contribution in [3.05, 3.63) is 23.8 Å². The maximum absolute atomic E-state index is 11.5. The quantitative estimate of drug-likeness (QED) is 0.823. The third kappa shape index (κ3) is 2.29. The average molecular weight is 277 g/mol. The summed E-state index contributed by atoms with van der Waals surface area (Å²) >= 11 is 0. The van der Waals surface area contributed by atoms with Crippen molar-refractivity contribution in [2.45, 2.75) is 38.9 Å². The Labute approximate surface area is 119 Å². The van der Waals surface area contributed by atoms with Crippen LogP contribution in [0.3, 0.4) is 0 Å². The molecule has 1 fully saturated rings. The van der Waals surface area contributed by atoms with Crippen LogP contribution in [0.4, 0.5) is 5.69 Å². The molecule has 0 aliphatic carbocycles. The van der Waals surface area contributed by atoms with E-state index in [4.69, 9.17) is 9.31 Å². The Bertz CT molecular complexity index is 526. The van der Waals surface area contributed by atoms with Gasteiger partial charge in [0.05, 0.1) is 16.8 Å². The van der Waals surface area contributed by atoms with E-state index in [0.717, 1.165) is 0 Å². The molecule has 1 aromatic rings. The van der Waals surface area contributed by atoms with Gasteiger partial charge in [0.15, 0.2) is 0 Å². The zero-order valence-corrected chi connectivity index (χ0v) is 12.5. The second-order valence-corrected chi connectivity index (χ2v) is 5.91. The van der Waals surface area contributed by atoms with Crippen molar-refractivity contribution >= 4 is 24.2 Å². The number of rotatable bonds is 3. The first-order valence-corrected chi connectivity index (χ1v) is 6.59. The molecule has 0 amide bonds. The van der Waals surface area contributed by atoms with Crippen LogP contribution in [-0.4, -0.2) is 36.4 Å². The van der Waals surface area contributed by atoms with Crippen molar-refractivity contribution in [1.29, 1.82) is 0 Å². The molecule has 108 valence electrons. The van der Waals surface area contributed by atoms with E-state index < -0.39 is 24.3 Å². The molecule has 0 atom stereocenters. The Balaban J connectivity index is 2.48. The van der Waals surface area contributed by atoms with Gasteiger partial charge in [-0.15, -0.1) is 0 Å². The van der Waals surface area contributed by atoms with Crippen molar-refractivity contribution in [2.24, 2.45) is 0 Å². The van der Waals surface area contributed by atoms with Crippen LogP contribution in [0.1, 0.15) is 38.1 Å². The highest BCUT2D eigenvalue weighted by Gasteiger charge is 2.52. The van der Waals surface area contributed by atoms with Gasteiger partial charge in [0.25, 0.3) is 0 Å². The van der Waals surface area contributed by atoms with E-state index in [0.29, 0.717) is 11.2 Å². The van der Waals surface area contributed by atoms with Gasteiger partial charge in [-0.2, -0.15) is 0 Å². The van der Waals surface area contributed by atoms with Gasteiger partial charge in [-0.05, 0) is 39.2 Å². The summed E-state index contributed by atoms with van der Waals surface area (Å²) in [5.41, 5.74) is 0.271. The van der Waals surface area contributed by atoms with Crippen LogP contribution in [0.25, 0.3) is 0 Å². The molecule has 0 radical (unpaired) electrons. The minimum absolute atomic E-state index is 0.188. The van der Waals surface area contributed by atoms with Crippen molar-refractivity contribution in [2.75, 3.05) is 12.4 Å². The van der Waals surface area contributed by atoms with Gasteiger partial charge in [-0.3, -0.25) is 0 Å². The van der Waals surface area contributed by atoms with Crippen molar-refractivity contribution in [1.82, 2.24) is 0 Å². The van der Waals surface area contributed by atoms with Gasteiger partial charge >= 0.3 is 13.1 Å². The Kier molecular flexibility index (Phi) is 3.56. The smallest absolute Gasteiger partial charge is 0.478 e. The van der Waals surface area contributed by atoms with E-state index in [9.17, 15) is 9.90 Å². The molecule has 6 heteroatoms. The van der Waals surface area contributed by atoms with E-state index in [2.05, 4.69) is 5.32 Å². The molecule has 0 bridgehead atoms. The normalized spacial score (nSPS) is 19.9. The Morgan fingerprint density at radius 2 is 1.75 bits per heavy atom. The Morgan fingerprint density at radius 1 is 1.20 bits per heavy atom. The highest BCUT2D eigenvalue weighted by atomic mass is 16.7. The number of nitrogens with one attached hydrogen (secondary N) is 1. The summed E-state index contributed by atoms with van der Waals surface area (Å²) in [4.78, 5) is 11.5. The standard InChI is InChI=1S/C14H20BNO4/c1-13(2)14(3,4)20-15(19-13)9-7-6-8-10(16-5)11(9)12(17)18/h6-8,16H,1-5H3,(H,17,18). The van der Waals surface area contributed by atoms with Gasteiger partial charge in [-0.1, -0.05) is 12.1 Å². The third-order valence-electron chi connectivity index (χ3n) is 4.09. The summed E-state index contributed by atoms with van der Waals surface area (Å²) in [5, 5.41) is 12.3. The van der Waals surface area contributed by atoms with E-state index in [1.807, 2.05) is 27.7 Å². The number of hydrogen-bond acceptors (Lipinski definition) is 4.